The Balaban J connectivity index is 2.06. The number of hydrogen-bond donors (Lipinski definition) is 2. The molecule has 1 saturated carbocycles. The average Bonchev–Trinajstić information content (AvgIpc) is 2.19. The Hall–Kier alpha value is -1.39. The van der Waals surface area contributed by atoms with Crippen molar-refractivity contribution in [1.29, 1.82) is 0 Å². The van der Waals surface area contributed by atoms with Crippen LogP contribution >= 0.6 is 0 Å². The van der Waals surface area contributed by atoms with Gasteiger partial charge in [-0.3, -0.25) is 0 Å². The van der Waals surface area contributed by atoms with E-state index in [0.717, 1.165) is 18.8 Å². The number of aromatic nitrogens is 2. The van der Waals surface area contributed by atoms with Crippen LogP contribution in [0.3, 0.4) is 0 Å². The summed E-state index contributed by atoms with van der Waals surface area (Å²) in [6.45, 7) is 2.19. The molecule has 2 N–H and O–H groups in total. The molecule has 15 heavy (non-hydrogen) atoms. The number of anilines is 2. The summed E-state index contributed by atoms with van der Waals surface area (Å²) in [5, 5.41) is 5.87. The third-order valence-corrected chi connectivity index (χ3v) is 2.68. The fourth-order valence-electron chi connectivity index (χ4n) is 1.80. The fourth-order valence-corrected chi connectivity index (χ4v) is 1.80. The van der Waals surface area contributed by atoms with Crippen molar-refractivity contribution < 1.29 is 4.39 Å². The maximum atomic E-state index is 13.3. The van der Waals surface area contributed by atoms with Crippen LogP contribution in [0, 0.1) is 11.7 Å². The summed E-state index contributed by atoms with van der Waals surface area (Å²) in [5.41, 5.74) is 0. The first kappa shape index (κ1) is 10.1. The SMILES string of the molecule is CNc1ncc(F)c(NC2CC(C)C2)n1. The second-order valence-electron chi connectivity index (χ2n) is 4.06. The summed E-state index contributed by atoms with van der Waals surface area (Å²) >= 11 is 0. The minimum Gasteiger partial charge on any atom is -0.365 e. The lowest BCUT2D eigenvalue weighted by molar-refractivity contribution is 0.307. The summed E-state index contributed by atoms with van der Waals surface area (Å²) in [5.74, 6) is 1.07. The van der Waals surface area contributed by atoms with E-state index in [0.29, 0.717) is 17.8 Å². The lowest BCUT2D eigenvalue weighted by Gasteiger charge is -2.33. The van der Waals surface area contributed by atoms with Crippen LogP contribution in [0.4, 0.5) is 16.2 Å². The van der Waals surface area contributed by atoms with E-state index in [1.165, 1.54) is 6.20 Å². The molecule has 4 nitrogen and oxygen atoms in total. The molecule has 0 aromatic carbocycles. The van der Waals surface area contributed by atoms with Gasteiger partial charge in [0.15, 0.2) is 11.6 Å². The third-order valence-electron chi connectivity index (χ3n) is 2.68. The van der Waals surface area contributed by atoms with Crippen LogP contribution in [0.15, 0.2) is 6.20 Å². The topological polar surface area (TPSA) is 49.8 Å². The lowest BCUT2D eigenvalue weighted by atomic mass is 9.82. The average molecular weight is 210 g/mol. The Morgan fingerprint density at radius 3 is 2.80 bits per heavy atom. The van der Waals surface area contributed by atoms with E-state index >= 15 is 0 Å². The highest BCUT2D eigenvalue weighted by Gasteiger charge is 2.26. The molecule has 1 aliphatic carbocycles. The van der Waals surface area contributed by atoms with E-state index in [9.17, 15) is 4.39 Å². The molecule has 0 radical (unpaired) electrons. The van der Waals surface area contributed by atoms with Gasteiger partial charge in [0.2, 0.25) is 5.95 Å². The second kappa shape index (κ2) is 4.00. The molecule has 0 aliphatic heterocycles. The van der Waals surface area contributed by atoms with Crippen molar-refractivity contribution in [3.05, 3.63) is 12.0 Å². The van der Waals surface area contributed by atoms with Crippen LogP contribution in [-0.4, -0.2) is 23.1 Å². The number of hydrogen-bond acceptors (Lipinski definition) is 4. The molecule has 0 atom stereocenters. The molecule has 0 bridgehead atoms. The Bertz CT molecular complexity index is 349. The summed E-state index contributed by atoms with van der Waals surface area (Å²) < 4.78 is 13.3. The molecular weight excluding hydrogens is 195 g/mol. The van der Waals surface area contributed by atoms with Crippen LogP contribution in [-0.2, 0) is 0 Å². The summed E-state index contributed by atoms with van der Waals surface area (Å²) in [6, 6.07) is 0.356. The first-order valence-corrected chi connectivity index (χ1v) is 5.16. The smallest absolute Gasteiger partial charge is 0.224 e. The quantitative estimate of drug-likeness (QED) is 0.799. The monoisotopic (exact) mass is 210 g/mol. The minimum atomic E-state index is -0.395. The van der Waals surface area contributed by atoms with Gasteiger partial charge in [-0.1, -0.05) is 6.92 Å². The highest BCUT2D eigenvalue weighted by atomic mass is 19.1. The van der Waals surface area contributed by atoms with Crippen molar-refractivity contribution in [2.45, 2.75) is 25.8 Å². The zero-order chi connectivity index (χ0) is 10.8. The number of rotatable bonds is 3. The molecule has 0 spiro atoms. The Morgan fingerprint density at radius 1 is 1.47 bits per heavy atom. The Labute approximate surface area is 88.3 Å². The predicted octanol–water partition coefficient (Wildman–Crippen LogP) is 1.87. The summed E-state index contributed by atoms with van der Waals surface area (Å²) in [4.78, 5) is 7.82. The zero-order valence-electron chi connectivity index (χ0n) is 8.92. The third kappa shape index (κ3) is 2.16. The van der Waals surface area contributed by atoms with Crippen LogP contribution in [0.2, 0.25) is 0 Å². The van der Waals surface area contributed by atoms with Gasteiger partial charge in [-0.2, -0.15) is 4.98 Å². The van der Waals surface area contributed by atoms with Crippen LogP contribution in [0.5, 0.6) is 0 Å². The molecule has 1 aromatic rings. The van der Waals surface area contributed by atoms with Crippen molar-refractivity contribution in [2.75, 3.05) is 17.7 Å². The molecule has 1 aromatic heterocycles. The van der Waals surface area contributed by atoms with Crippen molar-refractivity contribution >= 4 is 11.8 Å². The maximum absolute atomic E-state index is 13.3. The van der Waals surface area contributed by atoms with Gasteiger partial charge in [-0.05, 0) is 18.8 Å². The Kier molecular flexibility index (Phi) is 2.70. The van der Waals surface area contributed by atoms with E-state index in [-0.39, 0.29) is 0 Å². The van der Waals surface area contributed by atoms with Gasteiger partial charge in [0.1, 0.15) is 0 Å². The van der Waals surface area contributed by atoms with Crippen molar-refractivity contribution in [3.8, 4) is 0 Å². The van der Waals surface area contributed by atoms with Gasteiger partial charge in [0, 0.05) is 13.1 Å². The molecule has 0 amide bonds. The molecule has 0 saturated heterocycles. The standard InChI is InChI=1S/C10H15FN4/c1-6-3-7(4-6)14-9-8(11)5-13-10(12-2)15-9/h5-7H,3-4H2,1-2H3,(H2,12,13,14,15). The normalized spacial score (nSPS) is 24.5. The first-order valence-electron chi connectivity index (χ1n) is 5.16. The number of halogens is 1. The first-order chi connectivity index (χ1) is 7.19. The molecule has 0 unspecified atom stereocenters. The van der Waals surface area contributed by atoms with Gasteiger partial charge in [0.05, 0.1) is 6.20 Å². The van der Waals surface area contributed by atoms with E-state index in [2.05, 4.69) is 27.5 Å². The lowest BCUT2D eigenvalue weighted by Crippen LogP contribution is -2.34. The maximum Gasteiger partial charge on any atom is 0.224 e. The van der Waals surface area contributed by atoms with Gasteiger partial charge < -0.3 is 10.6 Å². The van der Waals surface area contributed by atoms with Crippen molar-refractivity contribution in [3.63, 3.8) is 0 Å². The fraction of sp³-hybridized carbons (Fsp3) is 0.600. The van der Waals surface area contributed by atoms with Gasteiger partial charge in [-0.15, -0.1) is 0 Å². The van der Waals surface area contributed by atoms with Crippen molar-refractivity contribution in [1.82, 2.24) is 9.97 Å². The highest BCUT2D eigenvalue weighted by Crippen LogP contribution is 2.29. The van der Waals surface area contributed by atoms with E-state index in [1.54, 1.807) is 7.05 Å². The second-order valence-corrected chi connectivity index (χ2v) is 4.06. The summed E-state index contributed by atoms with van der Waals surface area (Å²) in [7, 11) is 1.71. The molecule has 1 aliphatic rings. The van der Waals surface area contributed by atoms with Gasteiger partial charge >= 0.3 is 0 Å². The van der Waals surface area contributed by atoms with Crippen LogP contribution in [0.1, 0.15) is 19.8 Å². The van der Waals surface area contributed by atoms with E-state index in [1.807, 2.05) is 0 Å². The molecule has 1 fully saturated rings. The van der Waals surface area contributed by atoms with Gasteiger partial charge in [-0.25, -0.2) is 9.37 Å². The Morgan fingerprint density at radius 2 is 2.20 bits per heavy atom. The van der Waals surface area contributed by atoms with E-state index in [4.69, 9.17) is 0 Å². The molecule has 1 heterocycles. The van der Waals surface area contributed by atoms with E-state index < -0.39 is 5.82 Å². The van der Waals surface area contributed by atoms with Gasteiger partial charge in [0.25, 0.3) is 0 Å². The number of nitrogens with one attached hydrogen (secondary N) is 2. The molecule has 2 rings (SSSR count). The highest BCUT2D eigenvalue weighted by molar-refractivity contribution is 5.42. The zero-order valence-corrected chi connectivity index (χ0v) is 8.92. The largest absolute Gasteiger partial charge is 0.365 e. The van der Waals surface area contributed by atoms with Crippen LogP contribution < -0.4 is 10.6 Å². The number of nitrogens with zero attached hydrogens (tertiary/aromatic N) is 2. The molecule has 82 valence electrons. The minimum absolute atomic E-state index is 0.297. The summed E-state index contributed by atoms with van der Waals surface area (Å²) in [6.07, 6.45) is 3.35. The predicted molar refractivity (Wildman–Crippen MR) is 57.3 cm³/mol. The molecule has 5 heteroatoms. The van der Waals surface area contributed by atoms with Crippen LogP contribution in [0.25, 0.3) is 0 Å². The molecular formula is C10H15FN4. The van der Waals surface area contributed by atoms with Crippen molar-refractivity contribution in [2.24, 2.45) is 5.92 Å².